The van der Waals surface area contributed by atoms with E-state index in [0.29, 0.717) is 6.54 Å². The number of amides is 2. The van der Waals surface area contributed by atoms with Crippen LogP contribution in [0.2, 0.25) is 0 Å². The first-order valence-corrected chi connectivity index (χ1v) is 10.8. The van der Waals surface area contributed by atoms with Crippen molar-refractivity contribution in [3.63, 3.8) is 0 Å². The van der Waals surface area contributed by atoms with Gasteiger partial charge in [0.15, 0.2) is 0 Å². The summed E-state index contributed by atoms with van der Waals surface area (Å²) < 4.78 is 25.8. The molecule has 2 rings (SSSR count). The van der Waals surface area contributed by atoms with E-state index < -0.39 is 10.0 Å². The van der Waals surface area contributed by atoms with Crippen LogP contribution in [0, 0.1) is 0 Å². The van der Waals surface area contributed by atoms with E-state index in [4.69, 9.17) is 0 Å². The lowest BCUT2D eigenvalue weighted by molar-refractivity contribution is 0.240. The molecule has 10 heteroatoms. The smallest absolute Gasteiger partial charge is 0.315 e. The van der Waals surface area contributed by atoms with Crippen molar-refractivity contribution in [3.8, 4) is 0 Å². The summed E-state index contributed by atoms with van der Waals surface area (Å²) >= 11 is 2.70. The van der Waals surface area contributed by atoms with Crippen molar-refractivity contribution in [2.24, 2.45) is 0 Å². The van der Waals surface area contributed by atoms with Crippen LogP contribution in [0.4, 0.5) is 4.79 Å². The largest absolute Gasteiger partial charge is 0.333 e. The van der Waals surface area contributed by atoms with Crippen LogP contribution in [0.1, 0.15) is 36.3 Å². The molecule has 0 aromatic carbocycles. The minimum Gasteiger partial charge on any atom is -0.333 e. The number of nitrogens with one attached hydrogen (secondary N) is 3. The summed E-state index contributed by atoms with van der Waals surface area (Å²) in [6.45, 7) is 6.90. The van der Waals surface area contributed by atoms with Crippen molar-refractivity contribution in [1.29, 1.82) is 0 Å². The zero-order valence-corrected chi connectivity index (χ0v) is 17.0. The highest BCUT2D eigenvalue weighted by atomic mass is 32.2. The second kappa shape index (κ2) is 7.81. The van der Waals surface area contributed by atoms with E-state index in [0.717, 1.165) is 26.9 Å². The van der Waals surface area contributed by atoms with Gasteiger partial charge in [-0.3, -0.25) is 0 Å². The van der Waals surface area contributed by atoms with Crippen LogP contribution in [-0.2, 0) is 28.5 Å². The standard InChI is InChI=1S/C15H22N4O3S3/c1-15(2,3)13-19-10(9-23-13)7-17-14(20)18-8-11-5-6-12(24-11)25(21,22)16-4/h5-6,9,16H,7-8H2,1-4H3,(H2,17,18,20). The molecular weight excluding hydrogens is 380 g/mol. The normalized spacial score (nSPS) is 12.2. The van der Waals surface area contributed by atoms with Crippen LogP contribution >= 0.6 is 22.7 Å². The Morgan fingerprint density at radius 3 is 2.48 bits per heavy atom. The molecule has 0 bridgehead atoms. The summed E-state index contributed by atoms with van der Waals surface area (Å²) in [4.78, 5) is 17.2. The fraction of sp³-hybridized carbons (Fsp3) is 0.467. The first-order valence-electron chi connectivity index (χ1n) is 7.60. The maximum atomic E-state index is 11.9. The third-order valence-electron chi connectivity index (χ3n) is 3.22. The minimum atomic E-state index is -3.44. The Morgan fingerprint density at radius 2 is 1.88 bits per heavy atom. The summed E-state index contributed by atoms with van der Waals surface area (Å²) in [5.74, 6) is 0. The summed E-state index contributed by atoms with van der Waals surface area (Å²) in [6.07, 6.45) is 0. The molecule has 2 aromatic heterocycles. The molecular formula is C15H22N4O3S3. The number of carbonyl (C=O) groups excluding carboxylic acids is 1. The third-order valence-corrected chi connectivity index (χ3v) is 7.53. The molecule has 3 N–H and O–H groups in total. The van der Waals surface area contributed by atoms with Crippen molar-refractivity contribution in [1.82, 2.24) is 20.3 Å². The number of thiazole rings is 1. The molecule has 0 saturated carbocycles. The first kappa shape index (κ1) is 19.8. The molecule has 0 radical (unpaired) electrons. The van der Waals surface area contributed by atoms with E-state index in [2.05, 4.69) is 41.1 Å². The Bertz CT molecular complexity index is 834. The lowest BCUT2D eigenvalue weighted by Crippen LogP contribution is -2.34. The van der Waals surface area contributed by atoms with Gasteiger partial charge >= 0.3 is 6.03 Å². The lowest BCUT2D eigenvalue weighted by atomic mass is 9.98. The van der Waals surface area contributed by atoms with E-state index in [1.165, 1.54) is 13.1 Å². The van der Waals surface area contributed by atoms with Gasteiger partial charge in [0.05, 0.1) is 23.8 Å². The molecule has 0 saturated heterocycles. The highest BCUT2D eigenvalue weighted by molar-refractivity contribution is 7.91. The molecule has 2 heterocycles. The Morgan fingerprint density at radius 1 is 1.20 bits per heavy atom. The molecule has 0 unspecified atom stereocenters. The Kier molecular flexibility index (Phi) is 6.20. The number of hydrogen-bond acceptors (Lipinski definition) is 6. The third kappa shape index (κ3) is 5.50. The number of sulfonamides is 1. The predicted molar refractivity (Wildman–Crippen MR) is 100 cm³/mol. The molecule has 7 nitrogen and oxygen atoms in total. The van der Waals surface area contributed by atoms with Gasteiger partial charge in [0, 0.05) is 15.7 Å². The zero-order chi connectivity index (χ0) is 18.7. The molecule has 138 valence electrons. The van der Waals surface area contributed by atoms with Crippen LogP contribution in [0.15, 0.2) is 21.7 Å². The second-order valence-electron chi connectivity index (χ2n) is 6.36. The van der Waals surface area contributed by atoms with Gasteiger partial charge in [0.2, 0.25) is 10.0 Å². The van der Waals surface area contributed by atoms with Crippen LogP contribution < -0.4 is 15.4 Å². The number of thiophene rings is 1. The summed E-state index contributed by atoms with van der Waals surface area (Å²) in [7, 11) is -2.07. The van der Waals surface area contributed by atoms with Gasteiger partial charge in [-0.15, -0.1) is 22.7 Å². The SMILES string of the molecule is CNS(=O)(=O)c1ccc(CNC(=O)NCc2csc(C(C)(C)C)n2)s1. The topological polar surface area (TPSA) is 100 Å². The van der Waals surface area contributed by atoms with Crippen LogP contribution in [0.3, 0.4) is 0 Å². The van der Waals surface area contributed by atoms with Gasteiger partial charge in [0.1, 0.15) is 4.21 Å². The fourth-order valence-electron chi connectivity index (χ4n) is 1.83. The average Bonchev–Trinajstić information content (AvgIpc) is 3.20. The van der Waals surface area contributed by atoms with Crippen molar-refractivity contribution in [3.05, 3.63) is 33.1 Å². The molecule has 0 aliphatic heterocycles. The zero-order valence-electron chi connectivity index (χ0n) is 14.5. The molecule has 0 spiro atoms. The fourth-order valence-corrected chi connectivity index (χ4v) is 4.87. The van der Waals surface area contributed by atoms with Crippen LogP contribution in [-0.4, -0.2) is 26.5 Å². The van der Waals surface area contributed by atoms with Gasteiger partial charge in [-0.1, -0.05) is 20.8 Å². The van der Waals surface area contributed by atoms with E-state index in [1.807, 2.05) is 5.38 Å². The quantitative estimate of drug-likeness (QED) is 0.691. The first-order chi connectivity index (χ1) is 11.6. The van der Waals surface area contributed by atoms with Crippen molar-refractivity contribution in [2.75, 3.05) is 7.05 Å². The Hall–Kier alpha value is -1.49. The van der Waals surface area contributed by atoms with Gasteiger partial charge < -0.3 is 10.6 Å². The molecule has 2 amide bonds. The summed E-state index contributed by atoms with van der Waals surface area (Å²) in [5, 5.41) is 8.43. The summed E-state index contributed by atoms with van der Waals surface area (Å²) in [5.41, 5.74) is 0.819. The van der Waals surface area contributed by atoms with Crippen LogP contribution in [0.5, 0.6) is 0 Å². The predicted octanol–water partition coefficient (Wildman–Crippen LogP) is 2.41. The maximum Gasteiger partial charge on any atom is 0.315 e. The van der Waals surface area contributed by atoms with Crippen molar-refractivity contribution >= 4 is 38.7 Å². The molecule has 0 fully saturated rings. The van der Waals surface area contributed by atoms with Crippen LogP contribution in [0.25, 0.3) is 0 Å². The highest BCUT2D eigenvalue weighted by Crippen LogP contribution is 2.25. The molecule has 25 heavy (non-hydrogen) atoms. The number of aromatic nitrogens is 1. The number of hydrogen-bond donors (Lipinski definition) is 3. The van der Waals surface area contributed by atoms with Crippen molar-refractivity contribution < 1.29 is 13.2 Å². The van der Waals surface area contributed by atoms with E-state index >= 15 is 0 Å². The molecule has 0 aliphatic rings. The van der Waals surface area contributed by atoms with Gasteiger partial charge in [-0.25, -0.2) is 22.9 Å². The summed E-state index contributed by atoms with van der Waals surface area (Å²) in [6, 6.07) is 2.89. The number of rotatable bonds is 6. The van der Waals surface area contributed by atoms with E-state index in [1.54, 1.807) is 17.4 Å². The molecule has 0 atom stereocenters. The van der Waals surface area contributed by atoms with Gasteiger partial charge in [-0.05, 0) is 19.2 Å². The second-order valence-corrected chi connectivity index (χ2v) is 10.5. The number of carbonyl (C=O) groups is 1. The van der Waals surface area contributed by atoms with Gasteiger partial charge in [-0.2, -0.15) is 0 Å². The Balaban J connectivity index is 1.82. The lowest BCUT2D eigenvalue weighted by Gasteiger charge is -2.13. The molecule has 2 aromatic rings. The van der Waals surface area contributed by atoms with Crippen molar-refractivity contribution in [2.45, 2.75) is 43.5 Å². The maximum absolute atomic E-state index is 11.9. The minimum absolute atomic E-state index is 0.00423. The number of urea groups is 1. The highest BCUT2D eigenvalue weighted by Gasteiger charge is 2.18. The number of nitrogens with zero attached hydrogens (tertiary/aromatic N) is 1. The average molecular weight is 403 g/mol. The van der Waals surface area contributed by atoms with E-state index in [9.17, 15) is 13.2 Å². The van der Waals surface area contributed by atoms with E-state index in [-0.39, 0.29) is 22.2 Å². The monoisotopic (exact) mass is 402 g/mol. The molecule has 0 aliphatic carbocycles. The Labute approximate surface area is 155 Å². The van der Waals surface area contributed by atoms with Gasteiger partial charge in [0.25, 0.3) is 0 Å².